The summed E-state index contributed by atoms with van der Waals surface area (Å²) in [4.78, 5) is 75.0. The van der Waals surface area contributed by atoms with Crippen LogP contribution in [-0.2, 0) is 107 Å². The smallest absolute Gasteiger partial charge is 0.407 e. The van der Waals surface area contributed by atoms with Gasteiger partial charge in [-0.1, -0.05) is 105 Å². The van der Waals surface area contributed by atoms with Gasteiger partial charge in [-0.15, -0.1) is 0 Å². The topological polar surface area (TPSA) is 293 Å². The number of esters is 4. The van der Waals surface area contributed by atoms with E-state index in [1.54, 1.807) is 28.4 Å². The normalized spacial score (nSPS) is 12.6. The van der Waals surface area contributed by atoms with Gasteiger partial charge < -0.3 is 91.6 Å². The number of alkyl carbamates (subject to hydrolysis) is 1. The van der Waals surface area contributed by atoms with Gasteiger partial charge in [-0.05, 0) is 146 Å². The minimum absolute atomic E-state index is 0.0159. The number of carbonyl (C=O) groups is 5. The van der Waals surface area contributed by atoms with Crippen molar-refractivity contribution in [3.63, 3.8) is 0 Å². The van der Waals surface area contributed by atoms with Crippen molar-refractivity contribution in [2.75, 3.05) is 167 Å². The molecule has 4 aromatic carbocycles. The predicted molar refractivity (Wildman–Crippen MR) is 446 cm³/mol. The van der Waals surface area contributed by atoms with Crippen molar-refractivity contribution >= 4 is 38.0 Å². The molecule has 0 bridgehead atoms. The summed E-state index contributed by atoms with van der Waals surface area (Å²) in [7, 11) is 5.10. The SMILES string of the molecule is COCCOCOc1ccccc1CN(CC(=O)OC(C)(C)C)C[C@H](CCCCN)N(CC(=O)OC(C)(C)C)Cc1ccccc1OCOCCOC.COCCOCOc1ccccc1CN(CC(=O)OC(C)(C)C)C[C@H](CCCCNC(=O)OCC[Si](C)(C)C)N(CC(=O)OC(C)(C)C)Cc1ccccc1OCOCCOC. The van der Waals surface area contributed by atoms with Crippen LogP contribution in [0.2, 0.25) is 25.7 Å². The second-order valence-corrected chi connectivity index (χ2v) is 38.7. The van der Waals surface area contributed by atoms with Gasteiger partial charge in [0.05, 0.1) is 85.6 Å². The standard InChI is InChI=1S/C46H77N3O12Si.C40H65N3O10/c1-45(2,3)60-42(50)33-48(30-37-18-12-14-21-40(37)58-35-55-26-24-53-7)32-39(20-16-17-23-47-44(52)57-28-29-62(9,10)11)49(34-43(51)61-46(4,5)6)31-38-19-13-15-22-41(38)59-36-56-27-25-54-8;1-39(2,3)52-37(44)28-42(25-32-15-9-11-18-35(32)50-30-48-23-21-46-7)27-34(17-13-14-20-41)43(29-38(45)53-40(4,5)6)26-33-16-10-12-19-36(33)51-31-49-24-22-47-8/h12-15,18-19,21-22,39H,16-17,20,23-36H2,1-11H3,(H,47,52);9-12,15-16,18-19,34H,13-14,17,20-31,41H2,1-8H3/t39-;34-/m00/s1. The van der Waals surface area contributed by atoms with Crippen LogP contribution in [0.1, 0.15) is 144 Å². The highest BCUT2D eigenvalue weighted by atomic mass is 28.3. The third-order valence-corrected chi connectivity index (χ3v) is 18.4. The van der Waals surface area contributed by atoms with Crippen LogP contribution in [0.4, 0.5) is 4.79 Å². The Morgan fingerprint density at radius 1 is 0.391 bits per heavy atom. The zero-order chi connectivity index (χ0) is 85.1. The molecule has 0 radical (unpaired) electrons. The predicted octanol–water partition coefficient (Wildman–Crippen LogP) is 12.4. The number of benzene rings is 4. The molecule has 29 heteroatoms. The van der Waals surface area contributed by atoms with Gasteiger partial charge in [0.1, 0.15) is 45.4 Å². The van der Waals surface area contributed by atoms with Gasteiger partial charge >= 0.3 is 30.0 Å². The van der Waals surface area contributed by atoms with Crippen molar-refractivity contribution in [3.8, 4) is 23.0 Å². The molecular formula is C86H142N6O22Si. The van der Waals surface area contributed by atoms with E-state index < -0.39 is 42.5 Å². The number of amides is 1. The number of hydrogen-bond acceptors (Lipinski definition) is 27. The number of nitrogens with zero attached hydrogens (tertiary/aromatic N) is 4. The highest BCUT2D eigenvalue weighted by Gasteiger charge is 2.33. The first-order valence-electron chi connectivity index (χ1n) is 40.0. The molecule has 115 heavy (non-hydrogen) atoms. The second kappa shape index (κ2) is 56.3. The number of ether oxygens (including phenoxy) is 17. The zero-order valence-corrected chi connectivity index (χ0v) is 73.9. The average Bonchev–Trinajstić information content (AvgIpc) is 0.839. The Labute approximate surface area is 687 Å². The lowest BCUT2D eigenvalue weighted by atomic mass is 10.0. The summed E-state index contributed by atoms with van der Waals surface area (Å²) in [6, 6.07) is 31.0. The summed E-state index contributed by atoms with van der Waals surface area (Å²) < 4.78 is 95.7. The summed E-state index contributed by atoms with van der Waals surface area (Å²) in [5.74, 6) is 1.02. The summed E-state index contributed by atoms with van der Waals surface area (Å²) >= 11 is 0. The molecule has 4 rings (SSSR count). The van der Waals surface area contributed by atoms with E-state index >= 15 is 0 Å². The van der Waals surface area contributed by atoms with E-state index in [2.05, 4.69) is 34.8 Å². The highest BCUT2D eigenvalue weighted by Crippen LogP contribution is 2.29. The number of methoxy groups -OCH3 is 4. The van der Waals surface area contributed by atoms with Gasteiger partial charge in [0, 0.05) is 117 Å². The van der Waals surface area contributed by atoms with E-state index in [0.717, 1.165) is 41.1 Å². The van der Waals surface area contributed by atoms with Crippen molar-refractivity contribution in [2.24, 2.45) is 5.73 Å². The fourth-order valence-electron chi connectivity index (χ4n) is 11.5. The molecule has 0 aromatic heterocycles. The first-order chi connectivity index (χ1) is 54.5. The Balaban J connectivity index is 0.000000602. The van der Waals surface area contributed by atoms with Crippen molar-refractivity contribution in [1.82, 2.24) is 24.9 Å². The number of nitrogens with two attached hydrogens (primary N) is 1. The molecule has 2 atom stereocenters. The second-order valence-electron chi connectivity index (χ2n) is 33.0. The maximum absolute atomic E-state index is 13.7. The van der Waals surface area contributed by atoms with Crippen molar-refractivity contribution in [1.29, 1.82) is 0 Å². The monoisotopic (exact) mass is 1640 g/mol. The molecule has 0 heterocycles. The van der Waals surface area contributed by atoms with Gasteiger partial charge in [0.25, 0.3) is 0 Å². The molecule has 0 fully saturated rings. The molecule has 0 unspecified atom stereocenters. The van der Waals surface area contributed by atoms with Crippen LogP contribution < -0.4 is 30.0 Å². The van der Waals surface area contributed by atoms with Crippen molar-refractivity contribution in [2.45, 2.75) is 208 Å². The molecule has 0 saturated carbocycles. The Hall–Kier alpha value is -7.07. The molecule has 0 aliphatic heterocycles. The molecular weight excluding hydrogens is 1500 g/mol. The summed E-state index contributed by atoms with van der Waals surface area (Å²) in [6.07, 6.45) is 3.85. The maximum atomic E-state index is 13.7. The van der Waals surface area contributed by atoms with Crippen LogP contribution in [-0.4, -0.2) is 260 Å². The minimum Gasteiger partial charge on any atom is -0.467 e. The molecule has 0 spiro atoms. The van der Waals surface area contributed by atoms with Gasteiger partial charge in [0.2, 0.25) is 0 Å². The molecule has 0 aliphatic rings. The summed E-state index contributed by atoms with van der Waals surface area (Å²) in [6.45, 7) is 35.8. The lowest BCUT2D eigenvalue weighted by Crippen LogP contribution is -2.48. The van der Waals surface area contributed by atoms with Crippen LogP contribution in [0, 0.1) is 0 Å². The molecule has 0 aliphatic carbocycles. The lowest BCUT2D eigenvalue weighted by molar-refractivity contribution is -0.159. The van der Waals surface area contributed by atoms with Gasteiger partial charge in [-0.2, -0.15) is 0 Å². The number of hydrogen-bond donors (Lipinski definition) is 2. The fourth-order valence-corrected chi connectivity index (χ4v) is 12.2. The molecule has 0 saturated heterocycles. The Bertz CT molecular complexity index is 3320. The molecule has 28 nitrogen and oxygen atoms in total. The van der Waals surface area contributed by atoms with E-state index in [9.17, 15) is 24.0 Å². The third-order valence-electron chi connectivity index (χ3n) is 16.7. The van der Waals surface area contributed by atoms with Crippen LogP contribution >= 0.6 is 0 Å². The van der Waals surface area contributed by atoms with Gasteiger partial charge in [0.15, 0.2) is 27.2 Å². The number of nitrogens with one attached hydrogen (secondary N) is 1. The molecule has 3 N–H and O–H groups in total. The largest absolute Gasteiger partial charge is 0.467 e. The summed E-state index contributed by atoms with van der Waals surface area (Å²) in [5, 5.41) is 2.89. The van der Waals surface area contributed by atoms with E-state index in [1.165, 1.54) is 0 Å². The van der Waals surface area contributed by atoms with E-state index in [-0.39, 0.29) is 83.3 Å². The van der Waals surface area contributed by atoms with Gasteiger partial charge in [-0.25, -0.2) is 4.79 Å². The quantitative estimate of drug-likeness (QED) is 0.0136. The maximum Gasteiger partial charge on any atom is 0.407 e. The Kier molecular flexibility index (Phi) is 50.0. The van der Waals surface area contributed by atoms with Crippen molar-refractivity contribution < 1.29 is 104 Å². The summed E-state index contributed by atoms with van der Waals surface area (Å²) in [5.41, 5.74) is 6.62. The van der Waals surface area contributed by atoms with Crippen LogP contribution in [0.25, 0.3) is 0 Å². The first-order valence-corrected chi connectivity index (χ1v) is 43.7. The van der Waals surface area contributed by atoms with E-state index in [4.69, 9.17) is 86.3 Å². The fraction of sp³-hybridized carbons (Fsp3) is 0.663. The van der Waals surface area contributed by atoms with Gasteiger partial charge in [-0.3, -0.25) is 38.8 Å². The molecule has 4 aromatic rings. The number of carbonyl (C=O) groups excluding carboxylic acids is 5. The first kappa shape index (κ1) is 102. The minimum atomic E-state index is -1.35. The van der Waals surface area contributed by atoms with Crippen LogP contribution in [0.5, 0.6) is 23.0 Å². The molecule has 652 valence electrons. The van der Waals surface area contributed by atoms with E-state index in [0.29, 0.717) is 161 Å². The van der Waals surface area contributed by atoms with Crippen LogP contribution in [0.15, 0.2) is 97.1 Å². The Morgan fingerprint density at radius 2 is 0.687 bits per heavy atom. The lowest BCUT2D eigenvalue weighted by Gasteiger charge is -2.36. The number of rotatable bonds is 58. The third kappa shape index (κ3) is 50.3. The number of unbranched alkanes of at least 4 members (excludes halogenated alkanes) is 2. The highest BCUT2D eigenvalue weighted by molar-refractivity contribution is 6.76. The van der Waals surface area contributed by atoms with Crippen molar-refractivity contribution in [3.05, 3.63) is 119 Å². The molecule has 1 amide bonds. The average molecular weight is 1640 g/mol. The number of para-hydroxylation sites is 4. The van der Waals surface area contributed by atoms with Crippen LogP contribution in [0.3, 0.4) is 0 Å². The van der Waals surface area contributed by atoms with E-state index in [1.807, 2.05) is 190 Å². The Morgan fingerprint density at radius 3 is 0.983 bits per heavy atom. The zero-order valence-electron chi connectivity index (χ0n) is 72.9.